The van der Waals surface area contributed by atoms with Crippen LogP contribution in [0.15, 0.2) is 24.3 Å². The van der Waals surface area contributed by atoms with E-state index in [1.165, 1.54) is 37.9 Å². The quantitative estimate of drug-likeness (QED) is 0.896. The molecule has 1 saturated carbocycles. The van der Waals surface area contributed by atoms with Crippen LogP contribution in [0.4, 0.5) is 0 Å². The van der Waals surface area contributed by atoms with Gasteiger partial charge in [-0.25, -0.2) is 0 Å². The van der Waals surface area contributed by atoms with Gasteiger partial charge in [0.1, 0.15) is 0 Å². The molecule has 2 nitrogen and oxygen atoms in total. The SMILES string of the molecule is CC1CC(C)C(CN2CCc3ccccc3C2)C(N)C1. The Morgan fingerprint density at radius 3 is 2.65 bits per heavy atom. The third-order valence-corrected chi connectivity index (χ3v) is 5.41. The molecule has 1 aromatic carbocycles. The number of nitrogens with two attached hydrogens (primary N) is 1. The highest BCUT2D eigenvalue weighted by Crippen LogP contribution is 2.34. The minimum atomic E-state index is 0.394. The van der Waals surface area contributed by atoms with E-state index < -0.39 is 0 Å². The largest absolute Gasteiger partial charge is 0.327 e. The lowest BCUT2D eigenvalue weighted by molar-refractivity contribution is 0.111. The minimum absolute atomic E-state index is 0.394. The lowest BCUT2D eigenvalue weighted by Crippen LogP contribution is -2.47. The zero-order chi connectivity index (χ0) is 14.1. The van der Waals surface area contributed by atoms with Gasteiger partial charge in [0.25, 0.3) is 0 Å². The van der Waals surface area contributed by atoms with E-state index in [-0.39, 0.29) is 0 Å². The molecule has 110 valence electrons. The van der Waals surface area contributed by atoms with Crippen molar-refractivity contribution in [3.05, 3.63) is 35.4 Å². The Bertz CT molecular complexity index is 444. The molecular formula is C18H28N2. The van der Waals surface area contributed by atoms with Gasteiger partial charge in [0.15, 0.2) is 0 Å². The first-order chi connectivity index (χ1) is 9.63. The highest BCUT2D eigenvalue weighted by Gasteiger charge is 2.33. The second-order valence-electron chi connectivity index (χ2n) is 7.14. The van der Waals surface area contributed by atoms with Crippen LogP contribution in [0.2, 0.25) is 0 Å². The summed E-state index contributed by atoms with van der Waals surface area (Å²) in [4.78, 5) is 2.62. The maximum atomic E-state index is 6.44. The normalized spacial score (nSPS) is 34.8. The van der Waals surface area contributed by atoms with E-state index in [1.807, 2.05) is 0 Å². The molecule has 0 amide bonds. The third-order valence-electron chi connectivity index (χ3n) is 5.41. The summed E-state index contributed by atoms with van der Waals surface area (Å²) >= 11 is 0. The van der Waals surface area contributed by atoms with Crippen molar-refractivity contribution < 1.29 is 0 Å². The molecule has 1 fully saturated rings. The van der Waals surface area contributed by atoms with Gasteiger partial charge in [-0.2, -0.15) is 0 Å². The standard InChI is InChI=1S/C18H28N2/c1-13-9-14(2)17(18(19)10-13)12-20-8-7-15-5-3-4-6-16(15)11-20/h3-6,13-14,17-18H,7-12,19H2,1-2H3. The van der Waals surface area contributed by atoms with Crippen molar-refractivity contribution in [2.24, 2.45) is 23.5 Å². The lowest BCUT2D eigenvalue weighted by atomic mass is 9.72. The van der Waals surface area contributed by atoms with Crippen molar-refractivity contribution in [1.82, 2.24) is 4.90 Å². The number of hydrogen-bond acceptors (Lipinski definition) is 2. The lowest BCUT2D eigenvalue weighted by Gasteiger charge is -2.41. The Kier molecular flexibility index (Phi) is 4.13. The fourth-order valence-corrected chi connectivity index (χ4v) is 4.29. The molecule has 4 atom stereocenters. The molecule has 0 spiro atoms. The van der Waals surface area contributed by atoms with Gasteiger partial charge in [-0.15, -0.1) is 0 Å². The fraction of sp³-hybridized carbons (Fsp3) is 0.667. The minimum Gasteiger partial charge on any atom is -0.327 e. The maximum absolute atomic E-state index is 6.44. The Morgan fingerprint density at radius 1 is 1.15 bits per heavy atom. The van der Waals surface area contributed by atoms with Crippen molar-refractivity contribution in [3.63, 3.8) is 0 Å². The molecule has 0 saturated heterocycles. The molecule has 1 aliphatic heterocycles. The number of nitrogens with zero attached hydrogens (tertiary/aromatic N) is 1. The summed E-state index contributed by atoms with van der Waals surface area (Å²) in [5.41, 5.74) is 9.50. The molecule has 1 heterocycles. The predicted octanol–water partition coefficient (Wildman–Crippen LogP) is 3.05. The second kappa shape index (κ2) is 5.87. The van der Waals surface area contributed by atoms with Crippen LogP contribution in [0.25, 0.3) is 0 Å². The average molecular weight is 272 g/mol. The molecule has 1 aliphatic carbocycles. The van der Waals surface area contributed by atoms with E-state index >= 15 is 0 Å². The first-order valence-electron chi connectivity index (χ1n) is 8.18. The molecule has 0 aromatic heterocycles. The summed E-state index contributed by atoms with van der Waals surface area (Å²) < 4.78 is 0. The Hall–Kier alpha value is -0.860. The Balaban J connectivity index is 1.64. The topological polar surface area (TPSA) is 29.3 Å². The van der Waals surface area contributed by atoms with Crippen LogP contribution in [0.1, 0.15) is 37.8 Å². The summed E-state index contributed by atoms with van der Waals surface area (Å²) in [6, 6.07) is 9.29. The Morgan fingerprint density at radius 2 is 1.90 bits per heavy atom. The molecule has 20 heavy (non-hydrogen) atoms. The van der Waals surface area contributed by atoms with E-state index in [0.717, 1.165) is 18.4 Å². The molecule has 0 radical (unpaired) electrons. The van der Waals surface area contributed by atoms with E-state index in [4.69, 9.17) is 5.73 Å². The van der Waals surface area contributed by atoms with E-state index in [9.17, 15) is 0 Å². The Labute approximate surface area is 123 Å². The third kappa shape index (κ3) is 2.91. The number of fused-ring (bicyclic) bond motifs is 1. The van der Waals surface area contributed by atoms with Crippen LogP contribution in [-0.2, 0) is 13.0 Å². The molecule has 2 aliphatic rings. The van der Waals surface area contributed by atoms with Crippen LogP contribution in [0.3, 0.4) is 0 Å². The maximum Gasteiger partial charge on any atom is 0.0236 e. The summed E-state index contributed by atoms with van der Waals surface area (Å²) in [5.74, 6) is 2.25. The van der Waals surface area contributed by atoms with Crippen LogP contribution < -0.4 is 5.73 Å². The molecule has 0 bridgehead atoms. The van der Waals surface area contributed by atoms with Crippen molar-refractivity contribution in [1.29, 1.82) is 0 Å². The van der Waals surface area contributed by atoms with Gasteiger partial charge in [-0.05, 0) is 48.1 Å². The molecule has 3 rings (SSSR count). The van der Waals surface area contributed by atoms with Crippen molar-refractivity contribution in [2.75, 3.05) is 13.1 Å². The van der Waals surface area contributed by atoms with Crippen LogP contribution in [0, 0.1) is 17.8 Å². The van der Waals surface area contributed by atoms with E-state index in [2.05, 4.69) is 43.0 Å². The first-order valence-corrected chi connectivity index (χ1v) is 8.18. The van der Waals surface area contributed by atoms with Crippen molar-refractivity contribution in [2.45, 2.75) is 45.7 Å². The van der Waals surface area contributed by atoms with E-state index in [0.29, 0.717) is 12.0 Å². The summed E-state index contributed by atoms with van der Waals surface area (Å²) in [6.45, 7) is 8.25. The fourth-order valence-electron chi connectivity index (χ4n) is 4.29. The van der Waals surface area contributed by atoms with Gasteiger partial charge < -0.3 is 5.73 Å². The second-order valence-corrected chi connectivity index (χ2v) is 7.14. The van der Waals surface area contributed by atoms with E-state index in [1.54, 1.807) is 5.56 Å². The predicted molar refractivity (Wildman–Crippen MR) is 84.5 cm³/mol. The van der Waals surface area contributed by atoms with Gasteiger partial charge in [0.05, 0.1) is 0 Å². The zero-order valence-corrected chi connectivity index (χ0v) is 12.9. The number of hydrogen-bond donors (Lipinski definition) is 1. The summed E-state index contributed by atoms with van der Waals surface area (Å²) in [7, 11) is 0. The summed E-state index contributed by atoms with van der Waals surface area (Å²) in [5, 5.41) is 0. The first kappa shape index (κ1) is 14.1. The molecular weight excluding hydrogens is 244 g/mol. The average Bonchev–Trinajstić information content (AvgIpc) is 2.42. The van der Waals surface area contributed by atoms with Gasteiger partial charge >= 0.3 is 0 Å². The number of benzene rings is 1. The highest BCUT2D eigenvalue weighted by atomic mass is 15.1. The van der Waals surface area contributed by atoms with Crippen molar-refractivity contribution in [3.8, 4) is 0 Å². The van der Waals surface area contributed by atoms with Crippen LogP contribution in [-0.4, -0.2) is 24.0 Å². The van der Waals surface area contributed by atoms with Crippen molar-refractivity contribution >= 4 is 0 Å². The molecule has 2 N–H and O–H groups in total. The van der Waals surface area contributed by atoms with Crippen LogP contribution in [0.5, 0.6) is 0 Å². The summed E-state index contributed by atoms with van der Waals surface area (Å²) in [6.07, 6.45) is 3.76. The highest BCUT2D eigenvalue weighted by molar-refractivity contribution is 5.29. The van der Waals surface area contributed by atoms with Gasteiger partial charge in [0, 0.05) is 25.7 Å². The number of rotatable bonds is 2. The van der Waals surface area contributed by atoms with Gasteiger partial charge in [0.2, 0.25) is 0 Å². The molecule has 4 unspecified atom stereocenters. The molecule has 2 heteroatoms. The monoisotopic (exact) mass is 272 g/mol. The van der Waals surface area contributed by atoms with Crippen LogP contribution >= 0.6 is 0 Å². The van der Waals surface area contributed by atoms with Gasteiger partial charge in [-0.3, -0.25) is 4.90 Å². The smallest absolute Gasteiger partial charge is 0.0236 e. The van der Waals surface area contributed by atoms with Gasteiger partial charge in [-0.1, -0.05) is 38.1 Å². The zero-order valence-electron chi connectivity index (χ0n) is 12.9. The molecule has 1 aromatic rings.